The van der Waals surface area contributed by atoms with E-state index in [0.717, 1.165) is 29.7 Å². The Kier molecular flexibility index (Phi) is 3.38. The maximum atomic E-state index is 12.6. The second kappa shape index (κ2) is 5.05. The largest absolute Gasteiger partial charge is 0.397 e. The molecule has 1 saturated heterocycles. The first kappa shape index (κ1) is 13.4. The van der Waals surface area contributed by atoms with Gasteiger partial charge in [0.25, 0.3) is 5.91 Å². The molecule has 1 aliphatic heterocycles. The maximum Gasteiger partial charge on any atom is 0.266 e. The minimum Gasteiger partial charge on any atom is -0.397 e. The van der Waals surface area contributed by atoms with Gasteiger partial charge in [-0.2, -0.15) is 0 Å². The average molecular weight is 289 g/mol. The lowest BCUT2D eigenvalue weighted by molar-refractivity contribution is 0.0790. The Hall–Kier alpha value is -1.62. The summed E-state index contributed by atoms with van der Waals surface area (Å²) >= 11 is 1.40. The summed E-state index contributed by atoms with van der Waals surface area (Å²) in [6.07, 6.45) is 2.82. The van der Waals surface area contributed by atoms with Gasteiger partial charge in [0.05, 0.1) is 5.69 Å². The van der Waals surface area contributed by atoms with E-state index in [0.29, 0.717) is 22.4 Å². The van der Waals surface area contributed by atoms with Crippen LogP contribution in [0.2, 0.25) is 0 Å². The van der Waals surface area contributed by atoms with E-state index in [2.05, 4.69) is 18.8 Å². The summed E-state index contributed by atoms with van der Waals surface area (Å²) < 4.78 is 0. The van der Waals surface area contributed by atoms with Gasteiger partial charge in [-0.1, -0.05) is 13.8 Å². The van der Waals surface area contributed by atoms with Crippen molar-refractivity contribution in [1.29, 1.82) is 0 Å². The highest BCUT2D eigenvalue weighted by Crippen LogP contribution is 2.34. The number of rotatable bonds is 2. The van der Waals surface area contributed by atoms with Crippen LogP contribution in [-0.2, 0) is 0 Å². The maximum absolute atomic E-state index is 12.6. The zero-order valence-electron chi connectivity index (χ0n) is 11.8. The lowest BCUT2D eigenvalue weighted by atomic mass is 9.95. The minimum atomic E-state index is 0.0636. The van der Waals surface area contributed by atoms with Gasteiger partial charge in [-0.05, 0) is 30.4 Å². The predicted octanol–water partition coefficient (Wildman–Crippen LogP) is 3.00. The van der Waals surface area contributed by atoms with Crippen molar-refractivity contribution in [1.82, 2.24) is 9.88 Å². The molecule has 4 nitrogen and oxygen atoms in total. The van der Waals surface area contributed by atoms with Crippen LogP contribution in [0.1, 0.15) is 29.9 Å². The second-order valence-corrected chi connectivity index (χ2v) is 6.74. The Morgan fingerprint density at radius 2 is 2.35 bits per heavy atom. The summed E-state index contributed by atoms with van der Waals surface area (Å²) in [6.45, 7) is 6.12. The van der Waals surface area contributed by atoms with Gasteiger partial charge in [-0.3, -0.25) is 4.79 Å². The monoisotopic (exact) mass is 289 g/mol. The van der Waals surface area contributed by atoms with Gasteiger partial charge in [0.1, 0.15) is 9.71 Å². The summed E-state index contributed by atoms with van der Waals surface area (Å²) in [7, 11) is 0. The Bertz CT molecular complexity index is 650. The number of nitrogen functional groups attached to an aromatic ring is 1. The number of amides is 1. The molecule has 0 spiro atoms. The van der Waals surface area contributed by atoms with E-state index in [1.807, 2.05) is 17.0 Å². The molecule has 1 fully saturated rings. The van der Waals surface area contributed by atoms with Crippen LogP contribution in [0.5, 0.6) is 0 Å². The molecule has 0 aromatic carbocycles. The molecule has 1 aliphatic rings. The Morgan fingerprint density at radius 3 is 3.00 bits per heavy atom. The van der Waals surface area contributed by atoms with Crippen molar-refractivity contribution in [3.63, 3.8) is 0 Å². The second-order valence-electron chi connectivity index (χ2n) is 5.74. The van der Waals surface area contributed by atoms with Crippen LogP contribution in [0.3, 0.4) is 0 Å². The van der Waals surface area contributed by atoms with Crippen LogP contribution in [0.25, 0.3) is 10.2 Å². The molecule has 2 aromatic heterocycles. The lowest BCUT2D eigenvalue weighted by Gasteiger charge is -2.17. The number of carbonyl (C=O) groups excluding carboxylic acids is 1. The quantitative estimate of drug-likeness (QED) is 0.924. The van der Waals surface area contributed by atoms with Crippen LogP contribution >= 0.6 is 11.3 Å². The van der Waals surface area contributed by atoms with E-state index in [4.69, 9.17) is 5.73 Å². The zero-order chi connectivity index (χ0) is 14.3. The van der Waals surface area contributed by atoms with Crippen molar-refractivity contribution in [2.24, 2.45) is 11.8 Å². The van der Waals surface area contributed by atoms with Crippen LogP contribution < -0.4 is 5.73 Å². The van der Waals surface area contributed by atoms with Crippen LogP contribution in [0.4, 0.5) is 5.69 Å². The number of thiophene rings is 1. The molecule has 0 bridgehead atoms. The fourth-order valence-electron chi connectivity index (χ4n) is 2.77. The molecule has 20 heavy (non-hydrogen) atoms. The SMILES string of the molecule is CC(C)C1CCN(C(=O)c2sc3ncccc3c2N)C1. The van der Waals surface area contributed by atoms with Gasteiger partial charge in [0, 0.05) is 24.7 Å². The fraction of sp³-hybridized carbons (Fsp3) is 0.467. The van der Waals surface area contributed by atoms with E-state index in [9.17, 15) is 4.79 Å². The number of nitrogens with two attached hydrogens (primary N) is 1. The highest BCUT2D eigenvalue weighted by atomic mass is 32.1. The zero-order valence-corrected chi connectivity index (χ0v) is 12.6. The minimum absolute atomic E-state index is 0.0636. The molecule has 5 heteroatoms. The van der Waals surface area contributed by atoms with Crippen LogP contribution in [0, 0.1) is 11.8 Å². The van der Waals surface area contributed by atoms with Crippen molar-refractivity contribution in [2.45, 2.75) is 20.3 Å². The van der Waals surface area contributed by atoms with Gasteiger partial charge >= 0.3 is 0 Å². The number of carbonyl (C=O) groups is 1. The number of nitrogens with zero attached hydrogens (tertiary/aromatic N) is 2. The van der Waals surface area contributed by atoms with Gasteiger partial charge in [-0.25, -0.2) is 4.98 Å². The Balaban J connectivity index is 1.88. The van der Waals surface area contributed by atoms with E-state index >= 15 is 0 Å². The third-order valence-corrected chi connectivity index (χ3v) is 5.27. The summed E-state index contributed by atoms with van der Waals surface area (Å²) in [5.74, 6) is 1.29. The van der Waals surface area contributed by atoms with Gasteiger partial charge in [-0.15, -0.1) is 11.3 Å². The first-order valence-corrected chi connectivity index (χ1v) is 7.82. The topological polar surface area (TPSA) is 59.2 Å². The highest BCUT2D eigenvalue weighted by Gasteiger charge is 2.30. The molecule has 1 atom stereocenters. The van der Waals surface area contributed by atoms with Crippen molar-refractivity contribution >= 4 is 33.1 Å². The lowest BCUT2D eigenvalue weighted by Crippen LogP contribution is -2.29. The molecule has 0 saturated carbocycles. The Morgan fingerprint density at radius 1 is 1.55 bits per heavy atom. The van der Waals surface area contributed by atoms with Crippen molar-refractivity contribution in [3.8, 4) is 0 Å². The molecule has 1 unspecified atom stereocenters. The van der Waals surface area contributed by atoms with Gasteiger partial charge < -0.3 is 10.6 Å². The number of aromatic nitrogens is 1. The van der Waals surface area contributed by atoms with E-state index in [1.54, 1.807) is 6.20 Å². The number of likely N-dealkylation sites (tertiary alicyclic amines) is 1. The first-order valence-electron chi connectivity index (χ1n) is 7.00. The number of anilines is 1. The smallest absolute Gasteiger partial charge is 0.266 e. The molecule has 0 radical (unpaired) electrons. The molecule has 3 heterocycles. The van der Waals surface area contributed by atoms with E-state index in [-0.39, 0.29) is 5.91 Å². The molecule has 2 N–H and O–H groups in total. The summed E-state index contributed by atoms with van der Waals surface area (Å²) in [5, 5.41) is 0.889. The standard InChI is InChI=1S/C15H19N3OS/c1-9(2)10-5-7-18(8-10)15(19)13-12(16)11-4-3-6-17-14(11)20-13/h3-4,6,9-10H,5,7-8,16H2,1-2H3. The molecule has 0 aliphatic carbocycles. The molecule has 1 amide bonds. The molecular formula is C15H19N3OS. The average Bonchev–Trinajstić information content (AvgIpc) is 3.04. The van der Waals surface area contributed by atoms with Crippen LogP contribution in [0.15, 0.2) is 18.3 Å². The predicted molar refractivity (Wildman–Crippen MR) is 82.9 cm³/mol. The normalized spacial score (nSPS) is 19.1. The van der Waals surface area contributed by atoms with Crippen molar-refractivity contribution in [2.75, 3.05) is 18.8 Å². The van der Waals surface area contributed by atoms with Crippen LogP contribution in [-0.4, -0.2) is 28.9 Å². The summed E-state index contributed by atoms with van der Waals surface area (Å²) in [6, 6.07) is 3.77. The number of hydrogen-bond donors (Lipinski definition) is 1. The third-order valence-electron chi connectivity index (χ3n) is 4.15. The first-order chi connectivity index (χ1) is 9.58. The summed E-state index contributed by atoms with van der Waals surface area (Å²) in [4.78, 5) is 20.3. The number of hydrogen-bond acceptors (Lipinski definition) is 4. The number of fused-ring (bicyclic) bond motifs is 1. The highest BCUT2D eigenvalue weighted by molar-refractivity contribution is 7.21. The molecular weight excluding hydrogens is 270 g/mol. The van der Waals surface area contributed by atoms with Gasteiger partial charge in [0.2, 0.25) is 0 Å². The Labute approximate surface area is 122 Å². The number of pyridine rings is 1. The van der Waals surface area contributed by atoms with E-state index < -0.39 is 0 Å². The molecule has 3 rings (SSSR count). The molecule has 2 aromatic rings. The third kappa shape index (κ3) is 2.16. The van der Waals surface area contributed by atoms with Gasteiger partial charge in [0.15, 0.2) is 0 Å². The van der Waals surface area contributed by atoms with E-state index in [1.165, 1.54) is 11.3 Å². The van der Waals surface area contributed by atoms with Crippen molar-refractivity contribution in [3.05, 3.63) is 23.2 Å². The fourth-order valence-corrected chi connectivity index (χ4v) is 3.80. The summed E-state index contributed by atoms with van der Waals surface area (Å²) in [5.41, 5.74) is 6.70. The van der Waals surface area contributed by atoms with Crippen molar-refractivity contribution < 1.29 is 4.79 Å². The molecule has 106 valence electrons.